The SMILES string of the molecule is CCNc1nc(CC)nc(N2CCCC(C)CC2)c1C. The van der Waals surface area contributed by atoms with Crippen LogP contribution in [0.1, 0.15) is 51.4 Å². The molecule has 1 aliphatic rings. The maximum absolute atomic E-state index is 4.80. The molecule has 2 rings (SSSR count). The van der Waals surface area contributed by atoms with Crippen LogP contribution in [0.4, 0.5) is 11.6 Å². The van der Waals surface area contributed by atoms with E-state index in [4.69, 9.17) is 4.98 Å². The van der Waals surface area contributed by atoms with E-state index < -0.39 is 0 Å². The zero-order valence-electron chi connectivity index (χ0n) is 13.4. The van der Waals surface area contributed by atoms with E-state index >= 15 is 0 Å². The van der Waals surface area contributed by atoms with Gasteiger partial charge in [-0.2, -0.15) is 0 Å². The lowest BCUT2D eigenvalue weighted by Crippen LogP contribution is -2.27. The fourth-order valence-electron chi connectivity index (χ4n) is 2.83. The molecule has 1 atom stereocenters. The summed E-state index contributed by atoms with van der Waals surface area (Å²) in [6.45, 7) is 11.9. The van der Waals surface area contributed by atoms with Crippen molar-refractivity contribution in [2.75, 3.05) is 29.9 Å². The highest BCUT2D eigenvalue weighted by Crippen LogP contribution is 2.27. The summed E-state index contributed by atoms with van der Waals surface area (Å²) in [7, 11) is 0. The van der Waals surface area contributed by atoms with Crippen molar-refractivity contribution in [2.24, 2.45) is 5.92 Å². The van der Waals surface area contributed by atoms with Crippen LogP contribution in [0, 0.1) is 12.8 Å². The van der Waals surface area contributed by atoms with E-state index in [1.165, 1.54) is 24.8 Å². The molecule has 1 aliphatic heterocycles. The summed E-state index contributed by atoms with van der Waals surface area (Å²) >= 11 is 0. The molecule has 0 radical (unpaired) electrons. The topological polar surface area (TPSA) is 41.1 Å². The van der Waals surface area contributed by atoms with Gasteiger partial charge in [0.1, 0.15) is 17.5 Å². The van der Waals surface area contributed by atoms with E-state index in [2.05, 4.69) is 42.9 Å². The third-order valence-corrected chi connectivity index (χ3v) is 4.14. The molecule has 112 valence electrons. The van der Waals surface area contributed by atoms with Crippen molar-refractivity contribution in [3.63, 3.8) is 0 Å². The summed E-state index contributed by atoms with van der Waals surface area (Å²) in [4.78, 5) is 11.9. The van der Waals surface area contributed by atoms with Gasteiger partial charge in [-0.15, -0.1) is 0 Å². The molecule has 1 aromatic heterocycles. The summed E-state index contributed by atoms with van der Waals surface area (Å²) < 4.78 is 0. The molecule has 2 heterocycles. The first kappa shape index (κ1) is 15.1. The molecular weight excluding hydrogens is 248 g/mol. The van der Waals surface area contributed by atoms with Crippen molar-refractivity contribution in [2.45, 2.75) is 53.4 Å². The Hall–Kier alpha value is -1.32. The highest BCUT2D eigenvalue weighted by molar-refractivity contribution is 5.58. The number of rotatable bonds is 4. The second kappa shape index (κ2) is 6.91. The smallest absolute Gasteiger partial charge is 0.137 e. The van der Waals surface area contributed by atoms with E-state index in [1.54, 1.807) is 0 Å². The van der Waals surface area contributed by atoms with E-state index in [1.807, 2.05) is 0 Å². The molecule has 0 aliphatic carbocycles. The first-order chi connectivity index (χ1) is 9.65. The molecule has 1 saturated heterocycles. The van der Waals surface area contributed by atoms with Gasteiger partial charge in [0.25, 0.3) is 0 Å². The Morgan fingerprint density at radius 3 is 2.70 bits per heavy atom. The van der Waals surface area contributed by atoms with Crippen LogP contribution in [0.5, 0.6) is 0 Å². The Bertz CT molecular complexity index is 444. The molecule has 0 amide bonds. The average molecular weight is 276 g/mol. The van der Waals surface area contributed by atoms with Gasteiger partial charge in [0.05, 0.1) is 0 Å². The Balaban J connectivity index is 2.31. The number of nitrogens with one attached hydrogen (secondary N) is 1. The van der Waals surface area contributed by atoms with Crippen LogP contribution in [-0.2, 0) is 6.42 Å². The van der Waals surface area contributed by atoms with Gasteiger partial charge in [0.15, 0.2) is 0 Å². The summed E-state index contributed by atoms with van der Waals surface area (Å²) in [5, 5.41) is 3.38. The molecule has 1 aromatic rings. The van der Waals surface area contributed by atoms with E-state index in [0.717, 1.165) is 49.4 Å². The Morgan fingerprint density at radius 2 is 2.00 bits per heavy atom. The van der Waals surface area contributed by atoms with Crippen molar-refractivity contribution < 1.29 is 0 Å². The Morgan fingerprint density at radius 1 is 1.20 bits per heavy atom. The molecule has 0 saturated carbocycles. The molecular formula is C16H28N4. The van der Waals surface area contributed by atoms with Crippen LogP contribution in [0.3, 0.4) is 0 Å². The summed E-state index contributed by atoms with van der Waals surface area (Å²) in [5.41, 5.74) is 1.19. The molecule has 4 heteroatoms. The zero-order chi connectivity index (χ0) is 14.5. The fourth-order valence-corrected chi connectivity index (χ4v) is 2.83. The average Bonchev–Trinajstić information content (AvgIpc) is 2.66. The number of nitrogens with zero attached hydrogens (tertiary/aromatic N) is 3. The summed E-state index contributed by atoms with van der Waals surface area (Å²) in [6.07, 6.45) is 4.75. The molecule has 0 aromatic carbocycles. The van der Waals surface area contributed by atoms with Gasteiger partial charge in [0.2, 0.25) is 0 Å². The van der Waals surface area contributed by atoms with Gasteiger partial charge in [-0.3, -0.25) is 0 Å². The van der Waals surface area contributed by atoms with Crippen LogP contribution < -0.4 is 10.2 Å². The van der Waals surface area contributed by atoms with Gasteiger partial charge in [-0.1, -0.05) is 13.8 Å². The van der Waals surface area contributed by atoms with Crippen LogP contribution in [0.25, 0.3) is 0 Å². The molecule has 20 heavy (non-hydrogen) atoms. The minimum atomic E-state index is 0.834. The number of aromatic nitrogens is 2. The zero-order valence-corrected chi connectivity index (χ0v) is 13.4. The second-order valence-corrected chi connectivity index (χ2v) is 5.84. The first-order valence-electron chi connectivity index (χ1n) is 8.02. The van der Waals surface area contributed by atoms with Crippen LogP contribution in [0.2, 0.25) is 0 Å². The minimum absolute atomic E-state index is 0.834. The second-order valence-electron chi connectivity index (χ2n) is 5.84. The largest absolute Gasteiger partial charge is 0.370 e. The van der Waals surface area contributed by atoms with Crippen molar-refractivity contribution in [1.29, 1.82) is 0 Å². The third kappa shape index (κ3) is 3.41. The third-order valence-electron chi connectivity index (χ3n) is 4.14. The maximum Gasteiger partial charge on any atom is 0.137 e. The van der Waals surface area contributed by atoms with Crippen molar-refractivity contribution in [3.8, 4) is 0 Å². The van der Waals surface area contributed by atoms with Gasteiger partial charge < -0.3 is 10.2 Å². The lowest BCUT2D eigenvalue weighted by atomic mass is 10.0. The summed E-state index contributed by atoms with van der Waals surface area (Å²) in [5.74, 6) is 3.92. The highest BCUT2D eigenvalue weighted by Gasteiger charge is 2.19. The predicted octanol–water partition coefficient (Wildman–Crippen LogP) is 3.41. The molecule has 1 unspecified atom stereocenters. The molecule has 4 nitrogen and oxygen atoms in total. The van der Waals surface area contributed by atoms with Gasteiger partial charge in [0, 0.05) is 31.6 Å². The maximum atomic E-state index is 4.80. The van der Waals surface area contributed by atoms with Crippen LogP contribution in [0.15, 0.2) is 0 Å². The first-order valence-corrected chi connectivity index (χ1v) is 8.02. The van der Waals surface area contributed by atoms with Gasteiger partial charge in [-0.25, -0.2) is 9.97 Å². The normalized spacial score (nSPS) is 19.8. The lowest BCUT2D eigenvalue weighted by Gasteiger charge is -2.25. The minimum Gasteiger partial charge on any atom is -0.370 e. The Kier molecular flexibility index (Phi) is 5.21. The monoisotopic (exact) mass is 276 g/mol. The number of aryl methyl sites for hydroxylation is 1. The Labute approximate surface area is 123 Å². The number of anilines is 2. The van der Waals surface area contributed by atoms with Crippen molar-refractivity contribution >= 4 is 11.6 Å². The lowest BCUT2D eigenvalue weighted by molar-refractivity contribution is 0.521. The van der Waals surface area contributed by atoms with Crippen molar-refractivity contribution in [3.05, 3.63) is 11.4 Å². The van der Waals surface area contributed by atoms with E-state index in [-0.39, 0.29) is 0 Å². The van der Waals surface area contributed by atoms with Crippen LogP contribution in [-0.4, -0.2) is 29.6 Å². The molecule has 0 spiro atoms. The van der Waals surface area contributed by atoms with E-state index in [9.17, 15) is 0 Å². The number of hydrogen-bond acceptors (Lipinski definition) is 4. The van der Waals surface area contributed by atoms with E-state index in [0.29, 0.717) is 0 Å². The van der Waals surface area contributed by atoms with Crippen LogP contribution >= 0.6 is 0 Å². The fraction of sp³-hybridized carbons (Fsp3) is 0.750. The highest BCUT2D eigenvalue weighted by atomic mass is 15.2. The quantitative estimate of drug-likeness (QED) is 0.915. The molecule has 0 bridgehead atoms. The predicted molar refractivity (Wildman–Crippen MR) is 85.5 cm³/mol. The van der Waals surface area contributed by atoms with Gasteiger partial charge >= 0.3 is 0 Å². The van der Waals surface area contributed by atoms with Crippen molar-refractivity contribution in [1.82, 2.24) is 9.97 Å². The standard InChI is InChI=1S/C16H28N4/c1-5-14-18-15(17-6-2)13(4)16(19-14)20-10-7-8-12(3)9-11-20/h12H,5-11H2,1-4H3,(H,17,18,19). The molecule has 1 fully saturated rings. The summed E-state index contributed by atoms with van der Waals surface area (Å²) in [6, 6.07) is 0. The van der Waals surface area contributed by atoms with Gasteiger partial charge in [-0.05, 0) is 39.0 Å². The number of hydrogen-bond donors (Lipinski definition) is 1. The molecule has 1 N–H and O–H groups in total.